The van der Waals surface area contributed by atoms with Crippen LogP contribution in [-0.2, 0) is 35.1 Å². The van der Waals surface area contributed by atoms with Crippen molar-refractivity contribution >= 4 is 23.9 Å². The highest BCUT2D eigenvalue weighted by Gasteiger charge is 2.25. The zero-order valence-electron chi connectivity index (χ0n) is 24.8. The van der Waals surface area contributed by atoms with E-state index in [1.165, 1.54) is 7.11 Å². The molecule has 0 amide bonds. The van der Waals surface area contributed by atoms with Gasteiger partial charge in [0.05, 0.1) is 18.9 Å². The van der Waals surface area contributed by atoms with Crippen molar-refractivity contribution in [3.8, 4) is 11.5 Å². The van der Waals surface area contributed by atoms with Crippen LogP contribution in [0.15, 0.2) is 18.2 Å². The summed E-state index contributed by atoms with van der Waals surface area (Å²) < 4.78 is 21.5. The molecule has 1 rings (SSSR count). The molecule has 0 saturated heterocycles. The summed E-state index contributed by atoms with van der Waals surface area (Å²) >= 11 is 0. The second-order valence-corrected chi connectivity index (χ2v) is 10.6. The highest BCUT2D eigenvalue weighted by atomic mass is 16.6. The first-order valence-electron chi connectivity index (χ1n) is 13.9. The maximum absolute atomic E-state index is 12.7. The number of nitrogens with one attached hydrogen (secondary N) is 1. The molecule has 0 bridgehead atoms. The monoisotopic (exact) mass is 549 g/mol. The van der Waals surface area contributed by atoms with Gasteiger partial charge in [0.1, 0.15) is 12.6 Å². The summed E-state index contributed by atoms with van der Waals surface area (Å²) in [5.74, 6) is -1.97. The van der Waals surface area contributed by atoms with Crippen LogP contribution in [0.2, 0.25) is 0 Å². The van der Waals surface area contributed by atoms with Gasteiger partial charge in [0, 0.05) is 13.0 Å². The zero-order valence-corrected chi connectivity index (χ0v) is 24.8. The number of rotatable bonds is 17. The van der Waals surface area contributed by atoms with Gasteiger partial charge in [0.2, 0.25) is 0 Å². The van der Waals surface area contributed by atoms with Crippen molar-refractivity contribution in [3.05, 3.63) is 23.8 Å². The lowest BCUT2D eigenvalue weighted by molar-refractivity contribution is -0.144. The summed E-state index contributed by atoms with van der Waals surface area (Å²) in [4.78, 5) is 49.6. The zero-order chi connectivity index (χ0) is 29.5. The van der Waals surface area contributed by atoms with E-state index in [9.17, 15) is 19.2 Å². The van der Waals surface area contributed by atoms with Crippen molar-refractivity contribution in [2.75, 3.05) is 20.3 Å². The molecule has 220 valence electrons. The van der Waals surface area contributed by atoms with Crippen LogP contribution in [0.4, 0.5) is 0 Å². The second-order valence-electron chi connectivity index (χ2n) is 10.6. The van der Waals surface area contributed by atoms with Gasteiger partial charge in [-0.25, -0.2) is 0 Å². The molecule has 0 aliphatic heterocycles. The molecule has 9 nitrogen and oxygen atoms in total. The number of hydrogen-bond acceptors (Lipinski definition) is 9. The lowest BCUT2D eigenvalue weighted by Crippen LogP contribution is -2.41. The van der Waals surface area contributed by atoms with Gasteiger partial charge in [-0.05, 0) is 42.4 Å². The maximum atomic E-state index is 12.7. The Balaban J connectivity index is 3.04. The predicted octanol–water partition coefficient (Wildman–Crippen LogP) is 4.88. The highest BCUT2D eigenvalue weighted by Crippen LogP contribution is 2.31. The van der Waals surface area contributed by atoms with Crippen molar-refractivity contribution in [3.63, 3.8) is 0 Å². The van der Waals surface area contributed by atoms with Gasteiger partial charge in [0.15, 0.2) is 11.5 Å². The van der Waals surface area contributed by atoms with E-state index in [0.29, 0.717) is 12.0 Å². The molecule has 9 heteroatoms. The fraction of sp³-hybridized carbons (Fsp3) is 0.667. The number of hydrogen-bond donors (Lipinski definition) is 1. The van der Waals surface area contributed by atoms with Crippen LogP contribution in [0, 0.1) is 23.7 Å². The van der Waals surface area contributed by atoms with Gasteiger partial charge >= 0.3 is 23.9 Å². The number of unbranched alkanes of at least 4 members (excludes halogenated alkanes) is 2. The van der Waals surface area contributed by atoms with Crippen molar-refractivity contribution < 1.29 is 38.1 Å². The van der Waals surface area contributed by atoms with E-state index in [1.54, 1.807) is 32.0 Å². The first-order valence-corrected chi connectivity index (χ1v) is 13.9. The van der Waals surface area contributed by atoms with E-state index in [4.69, 9.17) is 18.9 Å². The van der Waals surface area contributed by atoms with E-state index < -0.39 is 23.9 Å². The fourth-order valence-electron chi connectivity index (χ4n) is 3.40. The minimum Gasteiger partial charge on any atom is -0.468 e. The van der Waals surface area contributed by atoms with Crippen LogP contribution in [-0.4, -0.2) is 50.2 Å². The van der Waals surface area contributed by atoms with Crippen LogP contribution < -0.4 is 14.8 Å². The fourth-order valence-corrected chi connectivity index (χ4v) is 3.40. The molecule has 3 atom stereocenters. The number of esters is 4. The first kappa shape index (κ1) is 34.1. The van der Waals surface area contributed by atoms with E-state index in [-0.39, 0.29) is 60.7 Å². The van der Waals surface area contributed by atoms with Gasteiger partial charge in [-0.15, -0.1) is 0 Å². The minimum absolute atomic E-state index is 0.0568. The van der Waals surface area contributed by atoms with Gasteiger partial charge in [-0.1, -0.05) is 67.4 Å². The van der Waals surface area contributed by atoms with E-state index in [0.717, 1.165) is 19.3 Å². The lowest BCUT2D eigenvalue weighted by atomic mass is 9.98. The van der Waals surface area contributed by atoms with Crippen LogP contribution in [0.25, 0.3) is 0 Å². The maximum Gasteiger partial charge on any atom is 0.323 e. The molecule has 1 N–H and O–H groups in total. The molecule has 0 heterocycles. The number of carbonyl (C=O) groups is 4. The Morgan fingerprint density at radius 2 is 1.41 bits per heavy atom. The van der Waals surface area contributed by atoms with E-state index in [1.807, 2.05) is 27.7 Å². The van der Waals surface area contributed by atoms with Gasteiger partial charge in [-0.3, -0.25) is 19.2 Å². The summed E-state index contributed by atoms with van der Waals surface area (Å²) in [5, 5.41) is 3.06. The summed E-state index contributed by atoms with van der Waals surface area (Å²) in [5.41, 5.74) is 0.658. The number of benzene rings is 1. The third-order valence-corrected chi connectivity index (χ3v) is 6.84. The number of ether oxygens (including phenoxy) is 4. The molecule has 0 saturated carbocycles. The number of carbonyl (C=O) groups excluding carboxylic acids is 4. The van der Waals surface area contributed by atoms with Gasteiger partial charge in [-0.2, -0.15) is 0 Å². The van der Waals surface area contributed by atoms with Crippen LogP contribution in [0.3, 0.4) is 0 Å². The SMILES string of the molecule is CCCCCC(=O)OCCN[C@@H](Cc1ccc(OC(=O)C(C)C(C)C)c(OC(=O)C(C)C(C)C)c1)C(=O)OC. The molecule has 0 spiro atoms. The molecular formula is C30H47NO8. The van der Waals surface area contributed by atoms with E-state index >= 15 is 0 Å². The van der Waals surface area contributed by atoms with Crippen molar-refractivity contribution in [2.45, 2.75) is 86.6 Å². The molecule has 0 aromatic heterocycles. The Kier molecular flexibility index (Phi) is 15.4. The molecule has 1 aromatic rings. The van der Waals surface area contributed by atoms with Crippen LogP contribution in [0.5, 0.6) is 11.5 Å². The molecule has 0 radical (unpaired) electrons. The summed E-state index contributed by atoms with van der Waals surface area (Å²) in [7, 11) is 1.30. The molecule has 1 aromatic carbocycles. The standard InChI is InChI=1S/C30H47NO8/c1-9-10-11-12-27(32)37-16-15-31-24(30(35)36-8)17-23-13-14-25(38-28(33)21(6)19(2)3)26(18-23)39-29(34)22(7)20(4)5/h13-14,18-22,24,31H,9-12,15-17H2,1-8H3/t21?,22?,24-/m0/s1. The molecule has 0 fully saturated rings. The van der Waals surface area contributed by atoms with E-state index in [2.05, 4.69) is 12.2 Å². The first-order chi connectivity index (χ1) is 18.4. The Morgan fingerprint density at radius 1 is 0.821 bits per heavy atom. The summed E-state index contributed by atoms with van der Waals surface area (Å²) in [6, 6.07) is 4.13. The predicted molar refractivity (Wildman–Crippen MR) is 148 cm³/mol. The molecule has 39 heavy (non-hydrogen) atoms. The Hall–Kier alpha value is -2.94. The topological polar surface area (TPSA) is 117 Å². The van der Waals surface area contributed by atoms with Crippen LogP contribution >= 0.6 is 0 Å². The summed E-state index contributed by atoms with van der Waals surface area (Å²) in [6.07, 6.45) is 3.36. The van der Waals surface area contributed by atoms with Crippen molar-refractivity contribution in [1.82, 2.24) is 5.32 Å². The average molecular weight is 550 g/mol. The molecule has 0 aliphatic rings. The lowest BCUT2D eigenvalue weighted by Gasteiger charge is -2.20. The van der Waals surface area contributed by atoms with Crippen LogP contribution in [0.1, 0.15) is 79.7 Å². The average Bonchev–Trinajstić information content (AvgIpc) is 2.90. The van der Waals surface area contributed by atoms with Gasteiger partial charge < -0.3 is 24.3 Å². The second kappa shape index (κ2) is 17.6. The van der Waals surface area contributed by atoms with Crippen molar-refractivity contribution in [2.24, 2.45) is 23.7 Å². The highest BCUT2D eigenvalue weighted by molar-refractivity contribution is 5.79. The summed E-state index contributed by atoms with van der Waals surface area (Å²) in [6.45, 7) is 13.7. The third kappa shape index (κ3) is 12.2. The Bertz CT molecular complexity index is 943. The molecule has 2 unspecified atom stereocenters. The largest absolute Gasteiger partial charge is 0.468 e. The Morgan fingerprint density at radius 3 is 1.95 bits per heavy atom. The quantitative estimate of drug-likeness (QED) is 0.165. The smallest absolute Gasteiger partial charge is 0.323 e. The third-order valence-electron chi connectivity index (χ3n) is 6.84. The molecule has 0 aliphatic carbocycles. The Labute approximate surface area is 233 Å². The number of methoxy groups -OCH3 is 1. The van der Waals surface area contributed by atoms with Gasteiger partial charge in [0.25, 0.3) is 0 Å². The minimum atomic E-state index is -0.735. The molecular weight excluding hydrogens is 502 g/mol. The normalized spacial score (nSPS) is 13.5. The van der Waals surface area contributed by atoms with Crippen molar-refractivity contribution in [1.29, 1.82) is 0 Å².